The number of aromatic nitrogens is 4. The molecule has 1 unspecified atom stereocenters. The molecule has 0 spiro atoms. The van der Waals surface area contributed by atoms with Crippen molar-refractivity contribution in [3.05, 3.63) is 35.0 Å². The first kappa shape index (κ1) is 21.7. The fourth-order valence-electron chi connectivity index (χ4n) is 4.48. The first-order chi connectivity index (χ1) is 15.3. The van der Waals surface area contributed by atoms with Crippen LogP contribution in [0, 0.1) is 0 Å². The maximum atomic E-state index is 13.2. The van der Waals surface area contributed by atoms with E-state index in [2.05, 4.69) is 26.3 Å². The number of anilines is 2. The number of aliphatic hydroxyl groups excluding tert-OH is 1. The van der Waals surface area contributed by atoms with Gasteiger partial charge in [-0.2, -0.15) is 4.98 Å². The molecule has 0 saturated heterocycles. The van der Waals surface area contributed by atoms with E-state index in [4.69, 9.17) is 21.6 Å². The molecule has 10 heteroatoms. The Morgan fingerprint density at radius 1 is 1.25 bits per heavy atom. The number of rotatable bonds is 5. The van der Waals surface area contributed by atoms with E-state index in [1.165, 1.54) is 0 Å². The number of halogens is 1. The number of hydrogen-bond donors (Lipinski definition) is 2. The molecule has 0 aromatic carbocycles. The van der Waals surface area contributed by atoms with E-state index in [0.29, 0.717) is 40.5 Å². The molecule has 0 bridgehead atoms. The third-order valence-electron chi connectivity index (χ3n) is 6.60. The lowest BCUT2D eigenvalue weighted by Gasteiger charge is -2.41. The normalized spacial score (nSPS) is 23.3. The SMILES string of the molecule is CC1(C)Cc2nc(N3CC=C(c4ncc(Cl)cn4)CC3)nc(NC3(CO)CCC3)c2S1=O. The van der Waals surface area contributed by atoms with Gasteiger partial charge in [0.25, 0.3) is 0 Å². The maximum Gasteiger partial charge on any atom is 0.227 e. The van der Waals surface area contributed by atoms with Gasteiger partial charge in [0.1, 0.15) is 10.7 Å². The highest BCUT2D eigenvalue weighted by atomic mass is 35.5. The van der Waals surface area contributed by atoms with E-state index < -0.39 is 10.8 Å². The van der Waals surface area contributed by atoms with Crippen molar-refractivity contribution in [3.8, 4) is 0 Å². The molecule has 170 valence electrons. The Hall–Kier alpha value is -2.10. The number of nitrogens with one attached hydrogen (secondary N) is 1. The van der Waals surface area contributed by atoms with Gasteiger partial charge in [-0.05, 0) is 45.1 Å². The summed E-state index contributed by atoms with van der Waals surface area (Å²) in [5.74, 6) is 1.93. The van der Waals surface area contributed by atoms with Crippen molar-refractivity contribution in [3.63, 3.8) is 0 Å². The first-order valence-corrected chi connectivity index (χ1v) is 12.5. The van der Waals surface area contributed by atoms with Crippen LogP contribution in [0.15, 0.2) is 23.4 Å². The molecule has 8 nitrogen and oxygen atoms in total. The lowest BCUT2D eigenvalue weighted by molar-refractivity contribution is 0.143. The molecule has 1 atom stereocenters. The summed E-state index contributed by atoms with van der Waals surface area (Å²) in [5, 5.41) is 13.9. The predicted molar refractivity (Wildman–Crippen MR) is 125 cm³/mol. The fourth-order valence-corrected chi connectivity index (χ4v) is 6.00. The minimum Gasteiger partial charge on any atom is -0.394 e. The van der Waals surface area contributed by atoms with Crippen LogP contribution in [0.4, 0.5) is 11.8 Å². The quantitative estimate of drug-likeness (QED) is 0.681. The van der Waals surface area contributed by atoms with Crippen LogP contribution in [0.5, 0.6) is 0 Å². The summed E-state index contributed by atoms with van der Waals surface area (Å²) >= 11 is 5.90. The Kier molecular flexibility index (Phi) is 5.46. The molecule has 1 aliphatic carbocycles. The maximum absolute atomic E-state index is 13.2. The highest BCUT2D eigenvalue weighted by Crippen LogP contribution is 2.42. The van der Waals surface area contributed by atoms with Crippen LogP contribution in [-0.4, -0.2) is 59.2 Å². The number of fused-ring (bicyclic) bond motifs is 1. The largest absolute Gasteiger partial charge is 0.394 e. The second-order valence-electron chi connectivity index (χ2n) is 9.42. The first-order valence-electron chi connectivity index (χ1n) is 10.9. The summed E-state index contributed by atoms with van der Waals surface area (Å²) in [5.41, 5.74) is 1.54. The van der Waals surface area contributed by atoms with Crippen molar-refractivity contribution in [1.29, 1.82) is 0 Å². The van der Waals surface area contributed by atoms with E-state index in [0.717, 1.165) is 43.5 Å². The van der Waals surface area contributed by atoms with E-state index >= 15 is 0 Å². The average Bonchev–Trinajstić information content (AvgIpc) is 2.99. The Bertz CT molecular complexity index is 1090. The molecule has 1 saturated carbocycles. The van der Waals surface area contributed by atoms with E-state index in [1.807, 2.05) is 13.8 Å². The number of aliphatic hydroxyl groups is 1. The van der Waals surface area contributed by atoms with Crippen LogP contribution in [0.1, 0.15) is 51.0 Å². The van der Waals surface area contributed by atoms with Gasteiger partial charge in [0.15, 0.2) is 5.82 Å². The summed E-state index contributed by atoms with van der Waals surface area (Å²) in [4.78, 5) is 21.1. The van der Waals surface area contributed by atoms with Crippen molar-refractivity contribution >= 4 is 39.7 Å². The Morgan fingerprint density at radius 2 is 2.00 bits per heavy atom. The lowest BCUT2D eigenvalue weighted by Crippen LogP contribution is -2.49. The molecule has 2 aromatic heterocycles. The summed E-state index contributed by atoms with van der Waals surface area (Å²) in [7, 11) is -1.21. The second-order valence-corrected chi connectivity index (χ2v) is 11.9. The van der Waals surface area contributed by atoms with Crippen LogP contribution in [-0.2, 0) is 17.2 Å². The second kappa shape index (κ2) is 8.04. The third-order valence-corrected chi connectivity index (χ3v) is 8.74. The number of nitrogens with zero attached hydrogens (tertiary/aromatic N) is 5. The molecule has 32 heavy (non-hydrogen) atoms. The van der Waals surface area contributed by atoms with Gasteiger partial charge in [-0.3, -0.25) is 4.21 Å². The summed E-state index contributed by atoms with van der Waals surface area (Å²) in [6, 6.07) is 0. The minimum atomic E-state index is -1.21. The van der Waals surface area contributed by atoms with E-state index in [1.54, 1.807) is 12.4 Å². The molecule has 2 aliphatic heterocycles. The molecule has 0 amide bonds. The zero-order chi connectivity index (χ0) is 22.5. The highest BCUT2D eigenvalue weighted by Gasteiger charge is 2.43. The third kappa shape index (κ3) is 3.80. The van der Waals surface area contributed by atoms with Gasteiger partial charge in [-0.15, -0.1) is 0 Å². The Morgan fingerprint density at radius 3 is 2.59 bits per heavy atom. The van der Waals surface area contributed by atoms with Gasteiger partial charge in [-0.25, -0.2) is 15.0 Å². The molecule has 4 heterocycles. The molecule has 1 fully saturated rings. The highest BCUT2D eigenvalue weighted by molar-refractivity contribution is 7.87. The van der Waals surface area contributed by atoms with Gasteiger partial charge in [0.05, 0.1) is 38.4 Å². The summed E-state index contributed by atoms with van der Waals surface area (Å²) < 4.78 is 12.8. The Labute approximate surface area is 195 Å². The molecular weight excluding hydrogens is 448 g/mol. The summed E-state index contributed by atoms with van der Waals surface area (Å²) in [6.07, 6.45) is 9.54. The van der Waals surface area contributed by atoms with Gasteiger partial charge < -0.3 is 15.3 Å². The Balaban J connectivity index is 1.46. The molecule has 2 N–H and O–H groups in total. The average molecular weight is 475 g/mol. The van der Waals surface area contributed by atoms with Crippen LogP contribution in [0.2, 0.25) is 5.02 Å². The molecule has 0 radical (unpaired) electrons. The number of hydrogen-bond acceptors (Lipinski definition) is 8. The predicted octanol–water partition coefficient (Wildman–Crippen LogP) is 2.98. The lowest BCUT2D eigenvalue weighted by atomic mass is 9.77. The van der Waals surface area contributed by atoms with Gasteiger partial charge >= 0.3 is 0 Å². The topological polar surface area (TPSA) is 104 Å². The molecule has 5 rings (SSSR count). The van der Waals surface area contributed by atoms with Crippen molar-refractivity contribution in [1.82, 2.24) is 19.9 Å². The molecular formula is C22H27ClN6O2S. The van der Waals surface area contributed by atoms with E-state index in [-0.39, 0.29) is 16.9 Å². The van der Waals surface area contributed by atoms with Crippen molar-refractivity contribution in [2.24, 2.45) is 0 Å². The van der Waals surface area contributed by atoms with E-state index in [9.17, 15) is 9.32 Å². The van der Waals surface area contributed by atoms with Gasteiger partial charge in [-0.1, -0.05) is 17.7 Å². The van der Waals surface area contributed by atoms with Crippen molar-refractivity contribution < 1.29 is 9.32 Å². The van der Waals surface area contributed by atoms with Crippen molar-refractivity contribution in [2.75, 3.05) is 29.9 Å². The van der Waals surface area contributed by atoms with Gasteiger partial charge in [0, 0.05) is 31.9 Å². The summed E-state index contributed by atoms with van der Waals surface area (Å²) in [6.45, 7) is 5.40. The molecule has 3 aliphatic rings. The smallest absolute Gasteiger partial charge is 0.227 e. The fraction of sp³-hybridized carbons (Fsp3) is 0.545. The zero-order valence-corrected chi connectivity index (χ0v) is 19.8. The van der Waals surface area contributed by atoms with Crippen LogP contribution in [0.3, 0.4) is 0 Å². The van der Waals surface area contributed by atoms with Crippen molar-refractivity contribution in [2.45, 2.75) is 61.1 Å². The monoisotopic (exact) mass is 474 g/mol. The minimum absolute atomic E-state index is 0.0358. The van der Waals surface area contributed by atoms with Gasteiger partial charge in [0.2, 0.25) is 5.95 Å². The molecule has 2 aromatic rings. The van der Waals surface area contributed by atoms with Crippen LogP contribution in [0.25, 0.3) is 5.57 Å². The zero-order valence-electron chi connectivity index (χ0n) is 18.3. The van der Waals surface area contributed by atoms with Crippen LogP contribution < -0.4 is 10.2 Å². The van der Waals surface area contributed by atoms with Crippen LogP contribution >= 0.6 is 11.6 Å². The standard InChI is InChI=1S/C22H27ClN6O2S/c1-21(2)10-16-17(32(21)31)19(28-22(13-30)6-3-7-22)27-20(26-16)29-8-4-14(5-9-29)18-24-11-15(23)12-25-18/h4,11-12,30H,3,5-10,13H2,1-2H3,(H,26,27,28).